The minimum absolute atomic E-state index is 0.197. The lowest BCUT2D eigenvalue weighted by Gasteiger charge is -2.07. The molecule has 0 saturated heterocycles. The third-order valence-electron chi connectivity index (χ3n) is 5.01. The van der Waals surface area contributed by atoms with Gasteiger partial charge in [-0.3, -0.25) is 4.79 Å². The molecule has 0 unspecified atom stereocenters. The highest BCUT2D eigenvalue weighted by molar-refractivity contribution is 9.10. The monoisotopic (exact) mass is 540 g/mol. The van der Waals surface area contributed by atoms with Crippen LogP contribution in [0.15, 0.2) is 68.8 Å². The van der Waals surface area contributed by atoms with Crippen LogP contribution in [0.1, 0.15) is 43.6 Å². The summed E-state index contributed by atoms with van der Waals surface area (Å²) in [5.41, 5.74) is 6.92. The predicted octanol–water partition coefficient (Wildman–Crippen LogP) is 5.61. The van der Waals surface area contributed by atoms with Crippen LogP contribution in [0.4, 0.5) is 5.69 Å². The van der Waals surface area contributed by atoms with E-state index >= 15 is 0 Å². The molecule has 0 spiro atoms. The minimum Gasteiger partial charge on any atom is -0.378 e. The molecule has 0 aliphatic heterocycles. The Labute approximate surface area is 213 Å². The molecular weight excluding hydrogens is 512 g/mol. The van der Waals surface area contributed by atoms with Crippen LogP contribution in [0, 0.1) is 0 Å². The minimum atomic E-state index is -0.201. The largest absolute Gasteiger partial charge is 0.378 e. The number of hydrogen-bond acceptors (Lipinski definition) is 6. The Morgan fingerprint density at radius 2 is 1.85 bits per heavy atom. The Hall–Kier alpha value is -2.91. The number of nitrogens with zero attached hydrogens (tertiary/aromatic N) is 4. The second kappa shape index (κ2) is 12.5. The number of halogens is 1. The summed E-state index contributed by atoms with van der Waals surface area (Å²) in [5, 5.41) is 16.5. The SMILES string of the molecule is CC(/C=N\NC(=O)CSc1nnc(CNc2ccc(Br)cc2)n1C)=C/c1ccc(C(C)C)cc1. The standard InChI is InChI=1S/C25H29BrN6OS/c1-17(2)20-7-5-19(6-8-20)13-18(3)14-28-30-24(33)16-34-25-31-29-23(32(25)4)15-27-22-11-9-21(26)10-12-22/h5-14,17,27H,15-16H2,1-4H3,(H,30,33)/b18-13-,28-14-. The molecule has 3 aromatic rings. The third kappa shape index (κ3) is 7.85. The zero-order valence-electron chi connectivity index (χ0n) is 19.7. The molecule has 2 aromatic carbocycles. The van der Waals surface area contributed by atoms with Crippen molar-refractivity contribution in [2.24, 2.45) is 12.1 Å². The lowest BCUT2D eigenvalue weighted by atomic mass is 10.0. The zero-order chi connectivity index (χ0) is 24.5. The highest BCUT2D eigenvalue weighted by Crippen LogP contribution is 2.18. The van der Waals surface area contributed by atoms with Crippen molar-refractivity contribution >= 4 is 51.6 Å². The van der Waals surface area contributed by atoms with Crippen molar-refractivity contribution in [2.45, 2.75) is 38.4 Å². The summed E-state index contributed by atoms with van der Waals surface area (Å²) in [7, 11) is 1.89. The summed E-state index contributed by atoms with van der Waals surface area (Å²) >= 11 is 4.75. The molecule has 178 valence electrons. The van der Waals surface area contributed by atoms with Crippen LogP contribution in [-0.4, -0.2) is 32.6 Å². The van der Waals surface area contributed by atoms with E-state index in [9.17, 15) is 4.79 Å². The maximum Gasteiger partial charge on any atom is 0.250 e. The number of rotatable bonds is 10. The highest BCUT2D eigenvalue weighted by atomic mass is 79.9. The van der Waals surface area contributed by atoms with Gasteiger partial charge in [-0.05, 0) is 53.8 Å². The van der Waals surface area contributed by atoms with Gasteiger partial charge in [-0.25, -0.2) is 5.43 Å². The first-order chi connectivity index (χ1) is 16.3. The van der Waals surface area contributed by atoms with Crippen molar-refractivity contribution in [3.8, 4) is 0 Å². The van der Waals surface area contributed by atoms with Gasteiger partial charge in [0.05, 0.1) is 18.5 Å². The molecular formula is C25H29BrN6OS. The molecule has 0 saturated carbocycles. The van der Waals surface area contributed by atoms with E-state index < -0.39 is 0 Å². The maximum absolute atomic E-state index is 12.2. The summed E-state index contributed by atoms with van der Waals surface area (Å²) in [5.74, 6) is 1.29. The fraction of sp³-hybridized carbons (Fsp3) is 0.280. The first-order valence-corrected chi connectivity index (χ1v) is 12.7. The Kier molecular flexibility index (Phi) is 9.47. The van der Waals surface area contributed by atoms with Crippen molar-refractivity contribution < 1.29 is 4.79 Å². The van der Waals surface area contributed by atoms with Crippen LogP contribution in [0.3, 0.4) is 0 Å². The molecule has 0 radical (unpaired) electrons. The first kappa shape index (κ1) is 25.7. The van der Waals surface area contributed by atoms with Crippen LogP contribution in [-0.2, 0) is 18.4 Å². The predicted molar refractivity (Wildman–Crippen MR) is 144 cm³/mol. The van der Waals surface area contributed by atoms with Gasteiger partial charge >= 0.3 is 0 Å². The van der Waals surface area contributed by atoms with Crippen molar-refractivity contribution in [3.63, 3.8) is 0 Å². The molecule has 0 bridgehead atoms. The van der Waals surface area contributed by atoms with Crippen LogP contribution in [0.5, 0.6) is 0 Å². The fourth-order valence-electron chi connectivity index (χ4n) is 3.02. The van der Waals surface area contributed by atoms with Gasteiger partial charge in [0.1, 0.15) is 0 Å². The first-order valence-electron chi connectivity index (χ1n) is 10.9. The molecule has 0 atom stereocenters. The molecule has 3 rings (SSSR count). The summed E-state index contributed by atoms with van der Waals surface area (Å²) in [6.07, 6.45) is 3.67. The molecule has 0 fully saturated rings. The van der Waals surface area contributed by atoms with Crippen LogP contribution in [0.2, 0.25) is 0 Å². The molecule has 7 nitrogen and oxygen atoms in total. The quantitative estimate of drug-likeness (QED) is 0.198. The van der Waals surface area contributed by atoms with Crippen LogP contribution >= 0.6 is 27.7 Å². The molecule has 0 aliphatic carbocycles. The molecule has 1 heterocycles. The molecule has 1 aromatic heterocycles. The second-order valence-electron chi connectivity index (χ2n) is 8.11. The smallest absolute Gasteiger partial charge is 0.250 e. The number of aromatic nitrogens is 3. The number of nitrogens with one attached hydrogen (secondary N) is 2. The number of anilines is 1. The van der Waals surface area contributed by atoms with Crippen molar-refractivity contribution in [1.82, 2.24) is 20.2 Å². The topological polar surface area (TPSA) is 84.2 Å². The van der Waals surface area contributed by atoms with E-state index in [0.29, 0.717) is 17.6 Å². The Morgan fingerprint density at radius 3 is 2.53 bits per heavy atom. The summed E-state index contributed by atoms with van der Waals surface area (Å²) in [6.45, 7) is 6.84. The van der Waals surface area contributed by atoms with Gasteiger partial charge in [0.2, 0.25) is 0 Å². The van der Waals surface area contributed by atoms with E-state index in [4.69, 9.17) is 0 Å². The van der Waals surface area contributed by atoms with Crippen LogP contribution < -0.4 is 10.7 Å². The van der Waals surface area contributed by atoms with E-state index in [-0.39, 0.29) is 11.7 Å². The van der Waals surface area contributed by atoms with E-state index in [1.165, 1.54) is 17.3 Å². The van der Waals surface area contributed by atoms with Gasteiger partial charge in [0, 0.05) is 17.2 Å². The average molecular weight is 542 g/mol. The molecule has 2 N–H and O–H groups in total. The maximum atomic E-state index is 12.2. The van der Waals surface area contributed by atoms with E-state index in [1.807, 2.05) is 48.9 Å². The number of allylic oxidation sites excluding steroid dienone is 1. The second-order valence-corrected chi connectivity index (χ2v) is 9.97. The average Bonchev–Trinajstić information content (AvgIpc) is 3.17. The summed E-state index contributed by atoms with van der Waals surface area (Å²) in [4.78, 5) is 12.2. The van der Waals surface area contributed by atoms with E-state index in [2.05, 4.69) is 80.1 Å². The molecule has 1 amide bonds. The number of thioether (sulfide) groups is 1. The number of benzene rings is 2. The van der Waals surface area contributed by atoms with Crippen molar-refractivity contribution in [3.05, 3.63) is 75.5 Å². The van der Waals surface area contributed by atoms with E-state index in [0.717, 1.165) is 27.1 Å². The number of carbonyl (C=O) groups excluding carboxylic acids is 1. The van der Waals surface area contributed by atoms with Gasteiger partial charge in [0.15, 0.2) is 11.0 Å². The lowest BCUT2D eigenvalue weighted by molar-refractivity contribution is -0.118. The summed E-state index contributed by atoms with van der Waals surface area (Å²) < 4.78 is 2.91. The van der Waals surface area contributed by atoms with Crippen molar-refractivity contribution in [1.29, 1.82) is 0 Å². The van der Waals surface area contributed by atoms with Gasteiger partial charge in [-0.15, -0.1) is 10.2 Å². The normalized spacial score (nSPS) is 11.9. The van der Waals surface area contributed by atoms with Gasteiger partial charge in [0.25, 0.3) is 5.91 Å². The van der Waals surface area contributed by atoms with Gasteiger partial charge in [-0.2, -0.15) is 5.10 Å². The number of amides is 1. The number of hydrogen-bond donors (Lipinski definition) is 2. The van der Waals surface area contributed by atoms with Gasteiger partial charge in [-0.1, -0.05) is 71.9 Å². The number of carbonyl (C=O) groups is 1. The molecule has 34 heavy (non-hydrogen) atoms. The Balaban J connectivity index is 1.44. The highest BCUT2D eigenvalue weighted by Gasteiger charge is 2.11. The van der Waals surface area contributed by atoms with E-state index in [1.54, 1.807) is 6.21 Å². The molecule has 9 heteroatoms. The van der Waals surface area contributed by atoms with Gasteiger partial charge < -0.3 is 9.88 Å². The fourth-order valence-corrected chi connectivity index (χ4v) is 4.01. The van der Waals surface area contributed by atoms with Crippen molar-refractivity contribution in [2.75, 3.05) is 11.1 Å². The third-order valence-corrected chi connectivity index (χ3v) is 6.56. The van der Waals surface area contributed by atoms with Crippen LogP contribution in [0.25, 0.3) is 6.08 Å². The molecule has 0 aliphatic rings. The Morgan fingerprint density at radius 1 is 1.15 bits per heavy atom. The zero-order valence-corrected chi connectivity index (χ0v) is 22.2. The number of hydrazone groups is 1. The lowest BCUT2D eigenvalue weighted by Crippen LogP contribution is -2.20. The Bertz CT molecular complexity index is 1150. The summed E-state index contributed by atoms with van der Waals surface area (Å²) in [6, 6.07) is 16.4.